The normalized spacial score (nSPS) is 24.5. The van der Waals surface area contributed by atoms with Crippen molar-refractivity contribution < 1.29 is 0 Å². The smallest absolute Gasteiger partial charge is 0.0534 e. The first kappa shape index (κ1) is 11.4. The lowest BCUT2D eigenvalue weighted by Crippen LogP contribution is -2.25. The highest BCUT2D eigenvalue weighted by molar-refractivity contribution is 5.06. The third kappa shape index (κ3) is 2.93. The van der Waals surface area contributed by atoms with Gasteiger partial charge in [-0.25, -0.2) is 0 Å². The molecule has 88 valence electrons. The molecule has 1 aliphatic rings. The Balaban J connectivity index is 1.80. The van der Waals surface area contributed by atoms with E-state index in [1.165, 1.54) is 5.56 Å². The van der Waals surface area contributed by atoms with Gasteiger partial charge in [-0.05, 0) is 19.4 Å². The Morgan fingerprint density at radius 1 is 1.56 bits per heavy atom. The lowest BCUT2D eigenvalue weighted by atomic mass is 10.1. The van der Waals surface area contributed by atoms with Crippen LogP contribution in [0.25, 0.3) is 0 Å². The van der Waals surface area contributed by atoms with Gasteiger partial charge in [0.25, 0.3) is 0 Å². The number of aromatic nitrogens is 2. The van der Waals surface area contributed by atoms with Gasteiger partial charge in [0.15, 0.2) is 0 Å². The van der Waals surface area contributed by atoms with Crippen LogP contribution in [0, 0.1) is 5.92 Å². The van der Waals surface area contributed by atoms with Crippen molar-refractivity contribution >= 4 is 0 Å². The number of rotatable bonds is 4. The van der Waals surface area contributed by atoms with Crippen LogP contribution in [0.3, 0.4) is 0 Å². The molecular formula is C12H20N4. The average Bonchev–Trinajstić information content (AvgIpc) is 2.76. The molecule has 0 amide bonds. The summed E-state index contributed by atoms with van der Waals surface area (Å²) in [6, 6.07) is 0.261. The minimum absolute atomic E-state index is 0.261. The minimum atomic E-state index is 0.261. The van der Waals surface area contributed by atoms with Crippen LogP contribution in [0.2, 0.25) is 0 Å². The second-order valence-corrected chi connectivity index (χ2v) is 4.76. The van der Waals surface area contributed by atoms with E-state index >= 15 is 0 Å². The fourth-order valence-corrected chi connectivity index (χ4v) is 2.27. The maximum atomic E-state index is 5.84. The summed E-state index contributed by atoms with van der Waals surface area (Å²) in [4.78, 5) is 2.32. The summed E-state index contributed by atoms with van der Waals surface area (Å²) >= 11 is 0. The van der Waals surface area contributed by atoms with Crippen LogP contribution in [0.4, 0.5) is 0 Å². The van der Waals surface area contributed by atoms with Crippen LogP contribution in [-0.4, -0.2) is 34.3 Å². The van der Waals surface area contributed by atoms with Crippen LogP contribution < -0.4 is 5.73 Å². The number of nitrogens with two attached hydrogens (primary N) is 1. The molecular weight excluding hydrogens is 200 g/mol. The molecule has 4 nitrogen and oxygen atoms in total. The van der Waals surface area contributed by atoms with Gasteiger partial charge in [-0.2, -0.15) is 5.10 Å². The number of aryl methyl sites for hydroxylation is 1. The molecule has 0 aromatic carbocycles. The molecule has 2 rings (SSSR count). The van der Waals surface area contributed by atoms with Crippen molar-refractivity contribution in [3.05, 3.63) is 30.1 Å². The van der Waals surface area contributed by atoms with E-state index in [4.69, 9.17) is 5.73 Å². The van der Waals surface area contributed by atoms with Crippen molar-refractivity contribution in [3.8, 4) is 0 Å². The molecule has 0 saturated heterocycles. The maximum Gasteiger partial charge on any atom is 0.0534 e. The van der Waals surface area contributed by atoms with E-state index < -0.39 is 0 Å². The molecule has 2 N–H and O–H groups in total. The maximum absolute atomic E-state index is 5.84. The van der Waals surface area contributed by atoms with Crippen LogP contribution in [0.1, 0.15) is 12.0 Å². The van der Waals surface area contributed by atoms with Crippen LogP contribution >= 0.6 is 0 Å². The van der Waals surface area contributed by atoms with Crippen molar-refractivity contribution in [1.29, 1.82) is 0 Å². The molecule has 2 unspecified atom stereocenters. The van der Waals surface area contributed by atoms with Gasteiger partial charge in [-0.1, -0.05) is 12.2 Å². The van der Waals surface area contributed by atoms with Gasteiger partial charge in [0.05, 0.1) is 6.20 Å². The third-order valence-corrected chi connectivity index (χ3v) is 2.96. The molecule has 1 heterocycles. The summed E-state index contributed by atoms with van der Waals surface area (Å²) in [5.74, 6) is 0.608. The van der Waals surface area contributed by atoms with Crippen molar-refractivity contribution in [2.24, 2.45) is 18.7 Å². The predicted octanol–water partition coefficient (Wildman–Crippen LogP) is 0.755. The van der Waals surface area contributed by atoms with E-state index in [9.17, 15) is 0 Å². The summed E-state index contributed by atoms with van der Waals surface area (Å²) < 4.78 is 1.84. The highest BCUT2D eigenvalue weighted by Crippen LogP contribution is 2.17. The molecule has 4 heteroatoms. The molecule has 1 aromatic rings. The largest absolute Gasteiger partial charge is 0.324 e. The van der Waals surface area contributed by atoms with Crippen LogP contribution in [-0.2, 0) is 13.6 Å². The summed E-state index contributed by atoms with van der Waals surface area (Å²) in [6.07, 6.45) is 9.42. The zero-order valence-corrected chi connectivity index (χ0v) is 10.0. The van der Waals surface area contributed by atoms with E-state index in [1.54, 1.807) is 0 Å². The first-order valence-corrected chi connectivity index (χ1v) is 5.73. The van der Waals surface area contributed by atoms with Crippen molar-refractivity contribution in [1.82, 2.24) is 14.7 Å². The second-order valence-electron chi connectivity index (χ2n) is 4.76. The lowest BCUT2D eigenvalue weighted by Gasteiger charge is -2.19. The van der Waals surface area contributed by atoms with Crippen LogP contribution in [0.15, 0.2) is 24.5 Å². The van der Waals surface area contributed by atoms with Gasteiger partial charge in [-0.15, -0.1) is 0 Å². The first-order chi connectivity index (χ1) is 7.63. The molecule has 16 heavy (non-hydrogen) atoms. The van der Waals surface area contributed by atoms with Gasteiger partial charge < -0.3 is 10.6 Å². The van der Waals surface area contributed by atoms with Gasteiger partial charge in [0.1, 0.15) is 0 Å². The quantitative estimate of drug-likeness (QED) is 0.762. The fraction of sp³-hybridized carbons (Fsp3) is 0.583. The minimum Gasteiger partial charge on any atom is -0.324 e. The second kappa shape index (κ2) is 4.80. The molecule has 0 saturated carbocycles. The topological polar surface area (TPSA) is 47.1 Å². The van der Waals surface area contributed by atoms with E-state index in [0.29, 0.717) is 5.92 Å². The molecule has 2 atom stereocenters. The Morgan fingerprint density at radius 3 is 2.94 bits per heavy atom. The highest BCUT2D eigenvalue weighted by Gasteiger charge is 2.17. The Morgan fingerprint density at radius 2 is 2.38 bits per heavy atom. The zero-order valence-electron chi connectivity index (χ0n) is 10.0. The average molecular weight is 220 g/mol. The van der Waals surface area contributed by atoms with Crippen molar-refractivity contribution in [2.75, 3.05) is 13.6 Å². The Labute approximate surface area is 96.7 Å². The molecule has 0 aliphatic heterocycles. The first-order valence-electron chi connectivity index (χ1n) is 5.73. The fourth-order valence-electron chi connectivity index (χ4n) is 2.27. The zero-order chi connectivity index (χ0) is 11.5. The predicted molar refractivity (Wildman–Crippen MR) is 64.8 cm³/mol. The van der Waals surface area contributed by atoms with Gasteiger partial charge in [-0.3, -0.25) is 4.68 Å². The van der Waals surface area contributed by atoms with E-state index in [0.717, 1.165) is 19.5 Å². The molecule has 1 aliphatic carbocycles. The van der Waals surface area contributed by atoms with Crippen molar-refractivity contribution in [2.45, 2.75) is 19.0 Å². The third-order valence-electron chi connectivity index (χ3n) is 2.96. The van der Waals surface area contributed by atoms with Crippen molar-refractivity contribution in [3.63, 3.8) is 0 Å². The molecule has 0 bridgehead atoms. The highest BCUT2D eigenvalue weighted by atomic mass is 15.2. The SMILES string of the molecule is CN(Cc1cnn(C)c1)CC1C=CC(N)C1. The summed E-state index contributed by atoms with van der Waals surface area (Å²) in [5.41, 5.74) is 7.10. The number of nitrogens with zero attached hydrogens (tertiary/aromatic N) is 3. The molecule has 0 radical (unpaired) electrons. The monoisotopic (exact) mass is 220 g/mol. The number of hydrogen-bond acceptors (Lipinski definition) is 3. The Hall–Kier alpha value is -1.13. The molecule has 1 aromatic heterocycles. The lowest BCUT2D eigenvalue weighted by molar-refractivity contribution is 0.288. The van der Waals surface area contributed by atoms with Crippen LogP contribution in [0.5, 0.6) is 0 Å². The standard InChI is InChI=1S/C12H20N4/c1-15(7-10-3-4-12(13)5-10)8-11-6-14-16(2)9-11/h3-4,6,9-10,12H,5,7-8,13H2,1-2H3. The molecule has 0 spiro atoms. The van der Waals surface area contributed by atoms with Gasteiger partial charge >= 0.3 is 0 Å². The molecule has 0 fully saturated rings. The Kier molecular flexibility index (Phi) is 3.41. The van der Waals surface area contributed by atoms with E-state index in [2.05, 4.69) is 35.4 Å². The van der Waals surface area contributed by atoms with Gasteiger partial charge in [0, 0.05) is 37.9 Å². The summed E-state index contributed by atoms with van der Waals surface area (Å²) in [6.45, 7) is 2.02. The Bertz CT molecular complexity index is 369. The number of hydrogen-bond donors (Lipinski definition) is 1. The summed E-state index contributed by atoms with van der Waals surface area (Å²) in [7, 11) is 4.09. The van der Waals surface area contributed by atoms with E-state index in [-0.39, 0.29) is 6.04 Å². The summed E-state index contributed by atoms with van der Waals surface area (Å²) in [5, 5.41) is 4.17. The van der Waals surface area contributed by atoms with E-state index in [1.807, 2.05) is 17.9 Å². The van der Waals surface area contributed by atoms with Gasteiger partial charge in [0.2, 0.25) is 0 Å².